The Bertz CT molecular complexity index is 646. The van der Waals surface area contributed by atoms with Crippen LogP contribution in [-0.2, 0) is 9.59 Å². The van der Waals surface area contributed by atoms with E-state index in [4.69, 9.17) is 17.3 Å². The molecule has 1 aromatic carbocycles. The second kappa shape index (κ2) is 5.68. The van der Waals surface area contributed by atoms with Crippen LogP contribution < -0.4 is 0 Å². The minimum Gasteiger partial charge on any atom is -0.480 e. The first-order valence-electron chi connectivity index (χ1n) is 5.30. The summed E-state index contributed by atoms with van der Waals surface area (Å²) in [6, 6.07) is 2.95. The fourth-order valence-corrected chi connectivity index (χ4v) is 2.78. The number of hydrogen-bond acceptors (Lipinski definition) is 4. The number of rotatable bonds is 3. The maximum absolute atomic E-state index is 13.5. The molecular formula is C12H7F2NO3S2. The zero-order valence-electron chi connectivity index (χ0n) is 9.80. The molecule has 0 spiro atoms. The third kappa shape index (κ3) is 3.02. The van der Waals surface area contributed by atoms with E-state index < -0.39 is 30.1 Å². The number of halogens is 2. The van der Waals surface area contributed by atoms with E-state index in [0.29, 0.717) is 6.07 Å². The van der Waals surface area contributed by atoms with Crippen LogP contribution in [0.25, 0.3) is 6.08 Å². The van der Waals surface area contributed by atoms with E-state index in [-0.39, 0.29) is 14.8 Å². The van der Waals surface area contributed by atoms with Crippen molar-refractivity contribution in [3.05, 3.63) is 40.3 Å². The molecule has 2 rings (SSSR count). The number of thioether (sulfide) groups is 1. The van der Waals surface area contributed by atoms with E-state index in [2.05, 4.69) is 0 Å². The van der Waals surface area contributed by atoms with Gasteiger partial charge in [-0.25, -0.2) is 8.78 Å². The summed E-state index contributed by atoms with van der Waals surface area (Å²) < 4.78 is 26.4. The van der Waals surface area contributed by atoms with Gasteiger partial charge in [-0.3, -0.25) is 14.5 Å². The Kier molecular flexibility index (Phi) is 4.15. The highest BCUT2D eigenvalue weighted by atomic mass is 32.2. The van der Waals surface area contributed by atoms with Crippen molar-refractivity contribution in [2.75, 3.05) is 6.54 Å². The highest BCUT2D eigenvalue weighted by Crippen LogP contribution is 2.32. The van der Waals surface area contributed by atoms with Crippen molar-refractivity contribution in [2.45, 2.75) is 0 Å². The van der Waals surface area contributed by atoms with Crippen molar-refractivity contribution in [1.29, 1.82) is 0 Å². The third-order valence-electron chi connectivity index (χ3n) is 2.42. The zero-order chi connectivity index (χ0) is 14.9. The average Bonchev–Trinajstić information content (AvgIpc) is 2.60. The number of carbonyl (C=O) groups is 2. The second-order valence-corrected chi connectivity index (χ2v) is 5.50. The summed E-state index contributed by atoms with van der Waals surface area (Å²) in [6.45, 7) is -0.548. The van der Waals surface area contributed by atoms with E-state index in [1.54, 1.807) is 0 Å². The zero-order valence-corrected chi connectivity index (χ0v) is 11.4. The minimum absolute atomic E-state index is 0.0298. The number of hydrogen-bond donors (Lipinski definition) is 1. The number of carboxylic acids is 1. The summed E-state index contributed by atoms with van der Waals surface area (Å²) in [5.41, 5.74) is 0.0298. The molecule has 0 saturated carbocycles. The number of benzene rings is 1. The van der Waals surface area contributed by atoms with Crippen molar-refractivity contribution >= 4 is 46.3 Å². The predicted molar refractivity (Wildman–Crippen MR) is 73.9 cm³/mol. The molecule has 0 bridgehead atoms. The van der Waals surface area contributed by atoms with Crippen molar-refractivity contribution in [1.82, 2.24) is 4.90 Å². The summed E-state index contributed by atoms with van der Waals surface area (Å²) in [7, 11) is 0. The lowest BCUT2D eigenvalue weighted by Crippen LogP contribution is -2.33. The van der Waals surface area contributed by atoms with Gasteiger partial charge in [-0.05, 0) is 18.2 Å². The highest BCUT2D eigenvalue weighted by Gasteiger charge is 2.33. The van der Waals surface area contributed by atoms with Crippen LogP contribution in [0.15, 0.2) is 23.1 Å². The van der Waals surface area contributed by atoms with Gasteiger partial charge in [0, 0.05) is 11.6 Å². The Labute approximate surface area is 122 Å². The van der Waals surface area contributed by atoms with E-state index in [9.17, 15) is 18.4 Å². The third-order valence-corrected chi connectivity index (χ3v) is 3.79. The Morgan fingerprint density at radius 3 is 2.75 bits per heavy atom. The van der Waals surface area contributed by atoms with Gasteiger partial charge in [0.15, 0.2) is 0 Å². The van der Waals surface area contributed by atoms with Gasteiger partial charge in [0.1, 0.15) is 22.5 Å². The normalized spacial score (nSPS) is 17.1. The Morgan fingerprint density at radius 1 is 1.45 bits per heavy atom. The van der Waals surface area contributed by atoms with Crippen molar-refractivity contribution < 1.29 is 23.5 Å². The molecule has 1 fully saturated rings. The summed E-state index contributed by atoms with van der Waals surface area (Å²) in [4.78, 5) is 23.6. The topological polar surface area (TPSA) is 57.6 Å². The summed E-state index contributed by atoms with van der Waals surface area (Å²) in [5.74, 6) is -3.34. The van der Waals surface area contributed by atoms with Gasteiger partial charge in [0.05, 0.1) is 4.91 Å². The van der Waals surface area contributed by atoms with E-state index in [0.717, 1.165) is 22.7 Å². The molecule has 104 valence electrons. The van der Waals surface area contributed by atoms with Crippen LogP contribution in [0.1, 0.15) is 5.56 Å². The van der Waals surface area contributed by atoms with Crippen LogP contribution in [-0.4, -0.2) is 32.7 Å². The number of carboxylic acid groups (broad SMARTS) is 1. The van der Waals surface area contributed by atoms with Crippen molar-refractivity contribution in [3.63, 3.8) is 0 Å². The molecule has 0 radical (unpaired) electrons. The van der Waals surface area contributed by atoms with Gasteiger partial charge in [-0.2, -0.15) is 0 Å². The minimum atomic E-state index is -1.20. The number of thiocarbonyl (C=S) groups is 1. The average molecular weight is 315 g/mol. The second-order valence-electron chi connectivity index (χ2n) is 3.83. The van der Waals surface area contributed by atoms with Crippen molar-refractivity contribution in [3.8, 4) is 0 Å². The van der Waals surface area contributed by atoms with E-state index in [1.165, 1.54) is 12.1 Å². The monoisotopic (exact) mass is 315 g/mol. The predicted octanol–water partition coefficient (Wildman–Crippen LogP) is 2.25. The Balaban J connectivity index is 2.30. The van der Waals surface area contributed by atoms with Gasteiger partial charge in [-0.1, -0.05) is 24.0 Å². The number of carbonyl (C=O) groups excluding carboxylic acids is 1. The molecule has 1 amide bonds. The summed E-state index contributed by atoms with van der Waals surface area (Å²) >= 11 is 5.77. The largest absolute Gasteiger partial charge is 0.480 e. The van der Waals surface area contributed by atoms with Crippen LogP contribution in [0.4, 0.5) is 8.78 Å². The molecule has 4 nitrogen and oxygen atoms in total. The molecule has 0 aromatic heterocycles. The molecule has 1 aliphatic rings. The molecule has 1 N–H and O–H groups in total. The summed E-state index contributed by atoms with van der Waals surface area (Å²) in [5, 5.41) is 8.68. The van der Waals surface area contributed by atoms with E-state index >= 15 is 0 Å². The molecular weight excluding hydrogens is 308 g/mol. The molecule has 0 atom stereocenters. The lowest BCUT2D eigenvalue weighted by atomic mass is 10.2. The molecule has 8 heteroatoms. The Hall–Kier alpha value is -1.80. The van der Waals surface area contributed by atoms with E-state index in [1.807, 2.05) is 0 Å². The van der Waals surface area contributed by atoms with Crippen molar-refractivity contribution in [2.24, 2.45) is 0 Å². The van der Waals surface area contributed by atoms with Gasteiger partial charge >= 0.3 is 5.97 Å². The first kappa shape index (κ1) is 14.6. The number of amides is 1. The fourth-order valence-electron chi connectivity index (χ4n) is 1.53. The highest BCUT2D eigenvalue weighted by molar-refractivity contribution is 8.26. The van der Waals surface area contributed by atoms with Crippen LogP contribution in [0.5, 0.6) is 0 Å². The standard InChI is InChI=1S/C12H7F2NO3S2/c13-7-2-1-6(8(14)4-7)3-9-11(18)15(5-10(16)17)12(19)20-9/h1-4H,5H2,(H,16,17)/b9-3+. The van der Waals surface area contributed by atoms with Crippen LogP contribution in [0.2, 0.25) is 0 Å². The number of nitrogens with zero attached hydrogens (tertiary/aromatic N) is 1. The molecule has 1 aliphatic heterocycles. The van der Waals surface area contributed by atoms with Crippen LogP contribution in [0.3, 0.4) is 0 Å². The molecule has 1 heterocycles. The molecule has 0 unspecified atom stereocenters. The van der Waals surface area contributed by atoms with Gasteiger partial charge < -0.3 is 5.11 Å². The maximum Gasteiger partial charge on any atom is 0.323 e. The summed E-state index contributed by atoms with van der Waals surface area (Å²) in [6.07, 6.45) is 1.22. The first-order valence-corrected chi connectivity index (χ1v) is 6.53. The SMILES string of the molecule is O=C(O)CN1C(=O)/C(=C\c2ccc(F)cc2F)SC1=S. The first-order chi connectivity index (χ1) is 9.38. The molecule has 0 aliphatic carbocycles. The lowest BCUT2D eigenvalue weighted by Gasteiger charge is -2.10. The molecule has 1 aromatic rings. The lowest BCUT2D eigenvalue weighted by molar-refractivity contribution is -0.140. The van der Waals surface area contributed by atoms with Crippen LogP contribution in [0, 0.1) is 11.6 Å². The fraction of sp³-hybridized carbons (Fsp3) is 0.0833. The van der Waals surface area contributed by atoms with Gasteiger partial charge in [0.25, 0.3) is 5.91 Å². The maximum atomic E-state index is 13.5. The molecule has 20 heavy (non-hydrogen) atoms. The molecule has 1 saturated heterocycles. The number of aliphatic carboxylic acids is 1. The van der Waals surface area contributed by atoms with Gasteiger partial charge in [0.2, 0.25) is 0 Å². The van der Waals surface area contributed by atoms with Gasteiger partial charge in [-0.15, -0.1) is 0 Å². The smallest absolute Gasteiger partial charge is 0.323 e. The Morgan fingerprint density at radius 2 is 2.15 bits per heavy atom. The van der Waals surface area contributed by atoms with Crippen LogP contribution >= 0.6 is 24.0 Å². The quantitative estimate of drug-likeness (QED) is 0.685.